The Morgan fingerprint density at radius 2 is 1.81 bits per heavy atom. The number of hydrogen-bond donors (Lipinski definition) is 3. The molecule has 3 amide bonds. The summed E-state index contributed by atoms with van der Waals surface area (Å²) in [5, 5.41) is 0.805. The van der Waals surface area contributed by atoms with Gasteiger partial charge in [0, 0.05) is 42.0 Å². The molecule has 3 rings (SSSR count). The van der Waals surface area contributed by atoms with Crippen LogP contribution in [0.15, 0.2) is 30.5 Å². The number of amides is 3. The van der Waals surface area contributed by atoms with Crippen molar-refractivity contribution < 1.29 is 14.4 Å². The van der Waals surface area contributed by atoms with E-state index >= 15 is 0 Å². The van der Waals surface area contributed by atoms with E-state index in [-0.39, 0.29) is 29.6 Å². The van der Waals surface area contributed by atoms with Gasteiger partial charge in [-0.15, -0.1) is 0 Å². The summed E-state index contributed by atoms with van der Waals surface area (Å²) in [6, 6.07) is 7.48. The normalized spacial score (nSPS) is 15.3. The topological polar surface area (TPSA) is 94.3 Å². The largest absolute Gasteiger partial charge is 0.360 e. The van der Waals surface area contributed by atoms with Crippen LogP contribution in [0.1, 0.15) is 37.0 Å². The number of rotatable bonds is 3. The first-order valence-electron chi connectivity index (χ1n) is 8.92. The molecule has 7 nitrogen and oxygen atoms in total. The third-order valence-corrected chi connectivity index (χ3v) is 4.80. The number of likely N-dealkylation sites (tertiary alicyclic amines) is 1. The van der Waals surface area contributed by atoms with Gasteiger partial charge in [0.2, 0.25) is 11.8 Å². The Bertz CT molecular complexity index is 819. The van der Waals surface area contributed by atoms with E-state index < -0.39 is 0 Å². The van der Waals surface area contributed by atoms with E-state index in [4.69, 9.17) is 0 Å². The third-order valence-electron chi connectivity index (χ3n) is 4.80. The van der Waals surface area contributed by atoms with Crippen molar-refractivity contribution in [3.63, 3.8) is 0 Å². The number of fused-ring (bicyclic) bond motifs is 1. The molecule has 1 aromatic carbocycles. The monoisotopic (exact) mass is 356 g/mol. The van der Waals surface area contributed by atoms with Crippen LogP contribution < -0.4 is 10.9 Å². The summed E-state index contributed by atoms with van der Waals surface area (Å²) in [6.45, 7) is 4.90. The Morgan fingerprint density at radius 1 is 1.12 bits per heavy atom. The van der Waals surface area contributed by atoms with Gasteiger partial charge in [0.1, 0.15) is 0 Å². The first-order valence-corrected chi connectivity index (χ1v) is 8.92. The van der Waals surface area contributed by atoms with Gasteiger partial charge in [-0.25, -0.2) is 0 Å². The summed E-state index contributed by atoms with van der Waals surface area (Å²) in [4.78, 5) is 41.5. The molecule has 0 unspecified atom stereocenters. The number of H-pyrrole nitrogens is 1. The zero-order valence-electron chi connectivity index (χ0n) is 15.0. The van der Waals surface area contributed by atoms with Gasteiger partial charge in [-0.2, -0.15) is 0 Å². The van der Waals surface area contributed by atoms with Gasteiger partial charge in [-0.1, -0.05) is 32.0 Å². The summed E-state index contributed by atoms with van der Waals surface area (Å²) in [5.74, 6) is -0.681. The van der Waals surface area contributed by atoms with Crippen molar-refractivity contribution in [1.29, 1.82) is 0 Å². The molecular weight excluding hydrogens is 332 g/mol. The molecule has 26 heavy (non-hydrogen) atoms. The summed E-state index contributed by atoms with van der Waals surface area (Å²) in [7, 11) is 0. The lowest BCUT2D eigenvalue weighted by atomic mass is 9.95. The highest BCUT2D eigenvalue weighted by molar-refractivity contribution is 6.07. The second-order valence-corrected chi connectivity index (χ2v) is 6.95. The number of para-hydroxylation sites is 1. The summed E-state index contributed by atoms with van der Waals surface area (Å²) >= 11 is 0. The van der Waals surface area contributed by atoms with E-state index in [0.29, 0.717) is 31.5 Å². The molecular formula is C19H24N4O3. The zero-order valence-corrected chi connectivity index (χ0v) is 15.0. The van der Waals surface area contributed by atoms with E-state index in [1.807, 2.05) is 38.1 Å². The molecule has 1 fully saturated rings. The van der Waals surface area contributed by atoms with E-state index in [1.165, 1.54) is 0 Å². The fraction of sp³-hybridized carbons (Fsp3) is 0.421. The van der Waals surface area contributed by atoms with Gasteiger partial charge in [-0.3, -0.25) is 25.2 Å². The van der Waals surface area contributed by atoms with Crippen molar-refractivity contribution in [1.82, 2.24) is 20.7 Å². The van der Waals surface area contributed by atoms with Gasteiger partial charge in [0.25, 0.3) is 5.91 Å². The lowest BCUT2D eigenvalue weighted by Gasteiger charge is -2.32. The van der Waals surface area contributed by atoms with Crippen molar-refractivity contribution in [2.45, 2.75) is 26.7 Å². The van der Waals surface area contributed by atoms with E-state index in [9.17, 15) is 14.4 Å². The van der Waals surface area contributed by atoms with Gasteiger partial charge in [-0.05, 0) is 18.9 Å². The van der Waals surface area contributed by atoms with Crippen molar-refractivity contribution in [2.24, 2.45) is 11.8 Å². The molecule has 2 heterocycles. The van der Waals surface area contributed by atoms with Crippen molar-refractivity contribution >= 4 is 28.6 Å². The first-order chi connectivity index (χ1) is 12.5. The Morgan fingerprint density at radius 3 is 2.50 bits per heavy atom. The number of hydrazine groups is 1. The standard InChI is InChI=1S/C19H24N4O3/c1-12(2)19(26)23-9-7-13(8-10-23)17(24)21-22-18(25)15-11-20-16-6-4-3-5-14(15)16/h3-6,11-13,20H,7-10H2,1-2H3,(H,21,24)(H,22,25). The average molecular weight is 356 g/mol. The summed E-state index contributed by atoms with van der Waals surface area (Å²) in [5.41, 5.74) is 6.35. The molecule has 2 aromatic rings. The Balaban J connectivity index is 1.52. The van der Waals surface area contributed by atoms with Crippen molar-refractivity contribution in [2.75, 3.05) is 13.1 Å². The average Bonchev–Trinajstić information content (AvgIpc) is 3.09. The molecule has 0 saturated carbocycles. The predicted molar refractivity (Wildman–Crippen MR) is 98.0 cm³/mol. The van der Waals surface area contributed by atoms with Crippen LogP contribution in [0.3, 0.4) is 0 Å². The maximum atomic E-state index is 12.3. The van der Waals surface area contributed by atoms with Gasteiger partial charge in [0.05, 0.1) is 5.56 Å². The van der Waals surface area contributed by atoms with Crippen LogP contribution in [0.25, 0.3) is 10.9 Å². The number of aromatic nitrogens is 1. The van der Waals surface area contributed by atoms with Crippen LogP contribution in [0, 0.1) is 11.8 Å². The molecule has 138 valence electrons. The number of carbonyl (C=O) groups excluding carboxylic acids is 3. The second kappa shape index (κ2) is 7.59. The van der Waals surface area contributed by atoms with Gasteiger partial charge in [0.15, 0.2) is 0 Å². The Labute approximate surface area is 152 Å². The van der Waals surface area contributed by atoms with Crippen molar-refractivity contribution in [3.8, 4) is 0 Å². The highest BCUT2D eigenvalue weighted by atomic mass is 16.2. The molecule has 1 saturated heterocycles. The molecule has 1 aliphatic heterocycles. The highest BCUT2D eigenvalue weighted by Gasteiger charge is 2.28. The number of aromatic amines is 1. The Hall–Kier alpha value is -2.83. The van der Waals surface area contributed by atoms with Crippen molar-refractivity contribution in [3.05, 3.63) is 36.0 Å². The quantitative estimate of drug-likeness (QED) is 0.732. The van der Waals surface area contributed by atoms with Crippen LogP contribution in [-0.4, -0.2) is 40.7 Å². The molecule has 7 heteroatoms. The smallest absolute Gasteiger partial charge is 0.271 e. The second-order valence-electron chi connectivity index (χ2n) is 6.95. The predicted octanol–water partition coefficient (Wildman–Crippen LogP) is 1.82. The summed E-state index contributed by atoms with van der Waals surface area (Å²) < 4.78 is 0. The van der Waals surface area contributed by atoms with E-state index in [1.54, 1.807) is 11.1 Å². The number of nitrogens with zero attached hydrogens (tertiary/aromatic N) is 1. The minimum absolute atomic E-state index is 0.0316. The zero-order chi connectivity index (χ0) is 18.7. The molecule has 0 spiro atoms. The maximum Gasteiger partial charge on any atom is 0.271 e. The number of piperidine rings is 1. The van der Waals surface area contributed by atoms with Crippen LogP contribution >= 0.6 is 0 Å². The molecule has 3 N–H and O–H groups in total. The fourth-order valence-electron chi connectivity index (χ4n) is 3.27. The van der Waals surface area contributed by atoms with Crippen LogP contribution in [0.5, 0.6) is 0 Å². The molecule has 0 atom stereocenters. The van der Waals surface area contributed by atoms with Gasteiger partial charge >= 0.3 is 0 Å². The minimum atomic E-state index is -0.358. The molecule has 0 bridgehead atoms. The minimum Gasteiger partial charge on any atom is -0.360 e. The lowest BCUT2D eigenvalue weighted by Crippen LogP contribution is -2.48. The molecule has 0 aliphatic carbocycles. The number of nitrogens with one attached hydrogen (secondary N) is 3. The number of carbonyl (C=O) groups is 3. The molecule has 1 aromatic heterocycles. The fourth-order valence-corrected chi connectivity index (χ4v) is 3.27. The Kier molecular flexibility index (Phi) is 5.25. The molecule has 0 radical (unpaired) electrons. The van der Waals surface area contributed by atoms with Crippen LogP contribution in [-0.2, 0) is 9.59 Å². The van der Waals surface area contributed by atoms with Crippen LogP contribution in [0.4, 0.5) is 0 Å². The van der Waals surface area contributed by atoms with E-state index in [0.717, 1.165) is 10.9 Å². The maximum absolute atomic E-state index is 12.3. The van der Waals surface area contributed by atoms with Crippen LogP contribution in [0.2, 0.25) is 0 Å². The summed E-state index contributed by atoms with van der Waals surface area (Å²) in [6.07, 6.45) is 2.84. The number of hydrogen-bond acceptors (Lipinski definition) is 3. The van der Waals surface area contributed by atoms with Gasteiger partial charge < -0.3 is 9.88 Å². The number of benzene rings is 1. The third kappa shape index (κ3) is 3.71. The van der Waals surface area contributed by atoms with E-state index in [2.05, 4.69) is 15.8 Å². The first kappa shape index (κ1) is 18.0. The highest BCUT2D eigenvalue weighted by Crippen LogP contribution is 2.19. The SMILES string of the molecule is CC(C)C(=O)N1CCC(C(=O)NNC(=O)c2c[nH]c3ccccc23)CC1. The lowest BCUT2D eigenvalue weighted by molar-refractivity contribution is -0.138. The molecule has 1 aliphatic rings.